The maximum atomic E-state index is 10.9. The predicted octanol–water partition coefficient (Wildman–Crippen LogP) is 1.50. The van der Waals surface area contributed by atoms with Crippen molar-refractivity contribution in [3.63, 3.8) is 0 Å². The summed E-state index contributed by atoms with van der Waals surface area (Å²) in [5.74, 6) is 0.250. The van der Waals surface area contributed by atoms with Crippen molar-refractivity contribution in [2.75, 3.05) is 0 Å². The van der Waals surface area contributed by atoms with Crippen molar-refractivity contribution in [1.29, 1.82) is 0 Å². The molecule has 1 rings (SSSR count). The van der Waals surface area contributed by atoms with Gasteiger partial charge in [0.15, 0.2) is 0 Å². The van der Waals surface area contributed by atoms with Crippen LogP contribution in [-0.2, 0) is 11.8 Å². The van der Waals surface area contributed by atoms with E-state index >= 15 is 0 Å². The van der Waals surface area contributed by atoms with E-state index in [1.165, 1.54) is 6.92 Å². The summed E-state index contributed by atoms with van der Waals surface area (Å²) in [7, 11) is 1.86. The van der Waals surface area contributed by atoms with Crippen molar-refractivity contribution in [2.45, 2.75) is 13.8 Å². The fourth-order valence-electron chi connectivity index (χ4n) is 1.23. The molecule has 0 saturated heterocycles. The highest BCUT2D eigenvalue weighted by molar-refractivity contribution is 5.75. The maximum Gasteiger partial charge on any atom is 0.222 e. The van der Waals surface area contributed by atoms with E-state index < -0.39 is 0 Å². The molecular weight excluding hydrogens is 216 g/mol. The summed E-state index contributed by atoms with van der Waals surface area (Å²) in [6.07, 6.45) is 5.40. The average molecular weight is 232 g/mol. The van der Waals surface area contributed by atoms with Crippen LogP contribution in [0.25, 0.3) is 5.57 Å². The first-order valence-electron chi connectivity index (χ1n) is 5.16. The molecule has 0 aromatic carbocycles. The summed E-state index contributed by atoms with van der Waals surface area (Å²) < 4.78 is 1.73. The van der Waals surface area contributed by atoms with E-state index in [1.54, 1.807) is 10.8 Å². The summed E-state index contributed by atoms with van der Waals surface area (Å²) in [6.45, 7) is 6.75. The molecule has 0 spiro atoms. The normalized spacial score (nSPS) is 12.4. The summed E-state index contributed by atoms with van der Waals surface area (Å²) in [5.41, 5.74) is 1.87. The van der Waals surface area contributed by atoms with Gasteiger partial charge in [-0.3, -0.25) is 9.48 Å². The zero-order chi connectivity index (χ0) is 12.8. The highest BCUT2D eigenvalue weighted by Crippen LogP contribution is 2.10. The lowest BCUT2D eigenvalue weighted by atomic mass is 10.2. The van der Waals surface area contributed by atoms with Crippen LogP contribution in [0.1, 0.15) is 19.5 Å². The first-order chi connectivity index (χ1) is 8.02. The van der Waals surface area contributed by atoms with Gasteiger partial charge in [-0.05, 0) is 31.4 Å². The minimum Gasteiger partial charge on any atom is -0.311 e. The number of nitrogens with zero attached hydrogens (tertiary/aromatic N) is 3. The number of aliphatic imine (C=N–C) groups is 1. The second-order valence-corrected chi connectivity index (χ2v) is 3.62. The molecule has 0 saturated carbocycles. The molecule has 1 amide bonds. The number of aryl methyl sites for hydroxylation is 1. The highest BCUT2D eigenvalue weighted by Gasteiger charge is 1.99. The lowest BCUT2D eigenvalue weighted by Crippen LogP contribution is -2.17. The summed E-state index contributed by atoms with van der Waals surface area (Å²) in [5, 5.41) is 6.83. The molecule has 0 bridgehead atoms. The molecule has 0 aliphatic rings. The van der Waals surface area contributed by atoms with Crippen LogP contribution in [0.15, 0.2) is 35.2 Å². The van der Waals surface area contributed by atoms with Crippen LogP contribution in [0.2, 0.25) is 0 Å². The number of amides is 1. The molecule has 1 heterocycles. The van der Waals surface area contributed by atoms with Crippen molar-refractivity contribution < 1.29 is 4.79 Å². The van der Waals surface area contributed by atoms with E-state index in [1.807, 2.05) is 32.3 Å². The zero-order valence-corrected chi connectivity index (χ0v) is 10.3. The first kappa shape index (κ1) is 12.9. The Kier molecular flexibility index (Phi) is 4.39. The first-order valence-corrected chi connectivity index (χ1v) is 5.16. The standard InChI is InChI=1S/C12H16N4O/c1-9(11-7-8-16(4)15-11)5-6-12(13-3)14-10(2)17/h5-8H,3H2,1-2,4H3,(H,14,17)/b9-5+,12-6+. The Morgan fingerprint density at radius 2 is 2.24 bits per heavy atom. The van der Waals surface area contributed by atoms with E-state index in [0.29, 0.717) is 5.82 Å². The molecule has 0 fully saturated rings. The fourth-order valence-corrected chi connectivity index (χ4v) is 1.23. The minimum absolute atomic E-state index is 0.174. The number of nitrogens with one attached hydrogen (secondary N) is 1. The van der Waals surface area contributed by atoms with Gasteiger partial charge in [-0.15, -0.1) is 0 Å². The van der Waals surface area contributed by atoms with E-state index in [4.69, 9.17) is 0 Å². The third kappa shape index (κ3) is 4.06. The average Bonchev–Trinajstić information content (AvgIpc) is 2.70. The molecule has 1 aromatic rings. The van der Waals surface area contributed by atoms with Crippen LogP contribution in [0.4, 0.5) is 0 Å². The third-order valence-electron chi connectivity index (χ3n) is 2.08. The van der Waals surface area contributed by atoms with Crippen LogP contribution in [0.3, 0.4) is 0 Å². The van der Waals surface area contributed by atoms with Gasteiger partial charge in [-0.2, -0.15) is 5.10 Å². The second-order valence-electron chi connectivity index (χ2n) is 3.62. The lowest BCUT2D eigenvalue weighted by molar-refractivity contribution is -0.118. The second kappa shape index (κ2) is 5.79. The molecular formula is C12H16N4O. The molecule has 0 radical (unpaired) electrons. The molecule has 1 N–H and O–H groups in total. The topological polar surface area (TPSA) is 59.3 Å². The summed E-state index contributed by atoms with van der Waals surface area (Å²) >= 11 is 0. The zero-order valence-electron chi connectivity index (χ0n) is 10.3. The third-order valence-corrected chi connectivity index (χ3v) is 2.08. The number of hydrogen-bond donors (Lipinski definition) is 1. The SMILES string of the molecule is C=N/C(=C\C=C(/C)c1ccn(C)n1)NC(C)=O. The van der Waals surface area contributed by atoms with Crippen LogP contribution in [0, 0.1) is 0 Å². The maximum absolute atomic E-state index is 10.9. The van der Waals surface area contributed by atoms with Crippen molar-refractivity contribution >= 4 is 18.2 Å². The smallest absolute Gasteiger partial charge is 0.222 e. The Morgan fingerprint density at radius 1 is 1.53 bits per heavy atom. The Labute approximate surface area is 101 Å². The van der Waals surface area contributed by atoms with Gasteiger partial charge in [0.1, 0.15) is 5.82 Å². The number of carbonyl (C=O) groups is 1. The molecule has 0 aliphatic carbocycles. The predicted molar refractivity (Wildman–Crippen MR) is 68.3 cm³/mol. The Hall–Kier alpha value is -2.17. The quantitative estimate of drug-likeness (QED) is 0.631. The number of carbonyl (C=O) groups excluding carboxylic acids is 1. The van der Waals surface area contributed by atoms with Crippen molar-refractivity contribution in [1.82, 2.24) is 15.1 Å². The molecule has 0 atom stereocenters. The van der Waals surface area contributed by atoms with Gasteiger partial charge in [-0.1, -0.05) is 6.08 Å². The molecule has 90 valence electrons. The Balaban J connectivity index is 2.84. The molecule has 5 nitrogen and oxygen atoms in total. The van der Waals surface area contributed by atoms with E-state index in [-0.39, 0.29) is 5.91 Å². The van der Waals surface area contributed by atoms with E-state index in [0.717, 1.165) is 11.3 Å². The number of aromatic nitrogens is 2. The monoisotopic (exact) mass is 232 g/mol. The molecule has 0 aliphatic heterocycles. The van der Waals surface area contributed by atoms with Crippen LogP contribution >= 0.6 is 0 Å². The van der Waals surface area contributed by atoms with Crippen LogP contribution < -0.4 is 5.32 Å². The Morgan fingerprint density at radius 3 is 2.71 bits per heavy atom. The Bertz CT molecular complexity index is 482. The van der Waals surface area contributed by atoms with Gasteiger partial charge in [0.05, 0.1) is 5.69 Å². The van der Waals surface area contributed by atoms with E-state index in [9.17, 15) is 4.79 Å². The van der Waals surface area contributed by atoms with Gasteiger partial charge < -0.3 is 5.32 Å². The number of allylic oxidation sites excluding steroid dienone is 3. The van der Waals surface area contributed by atoms with Gasteiger partial charge in [0, 0.05) is 20.2 Å². The van der Waals surface area contributed by atoms with Gasteiger partial charge in [-0.25, -0.2) is 4.99 Å². The van der Waals surface area contributed by atoms with Crippen LogP contribution in [-0.4, -0.2) is 22.4 Å². The number of rotatable bonds is 4. The van der Waals surface area contributed by atoms with Gasteiger partial charge in [0.25, 0.3) is 0 Å². The fraction of sp³-hybridized carbons (Fsp3) is 0.250. The van der Waals surface area contributed by atoms with Crippen LogP contribution in [0.5, 0.6) is 0 Å². The highest BCUT2D eigenvalue weighted by atomic mass is 16.1. The summed E-state index contributed by atoms with van der Waals surface area (Å²) in [6, 6.07) is 1.92. The minimum atomic E-state index is -0.174. The number of hydrogen-bond acceptors (Lipinski definition) is 3. The lowest BCUT2D eigenvalue weighted by Gasteiger charge is -1.99. The molecule has 0 unspecified atom stereocenters. The summed E-state index contributed by atoms with van der Waals surface area (Å²) in [4.78, 5) is 14.6. The van der Waals surface area contributed by atoms with Crippen molar-refractivity contribution in [2.24, 2.45) is 12.0 Å². The van der Waals surface area contributed by atoms with Crippen molar-refractivity contribution in [3.05, 3.63) is 35.9 Å². The van der Waals surface area contributed by atoms with Gasteiger partial charge in [0.2, 0.25) is 5.91 Å². The largest absolute Gasteiger partial charge is 0.311 e. The van der Waals surface area contributed by atoms with E-state index in [2.05, 4.69) is 22.1 Å². The molecule has 1 aromatic heterocycles. The van der Waals surface area contributed by atoms with Gasteiger partial charge >= 0.3 is 0 Å². The van der Waals surface area contributed by atoms with Crippen molar-refractivity contribution in [3.8, 4) is 0 Å². The molecule has 17 heavy (non-hydrogen) atoms. The molecule has 5 heteroatoms.